The van der Waals surface area contributed by atoms with E-state index in [4.69, 9.17) is 23.2 Å². The van der Waals surface area contributed by atoms with E-state index in [1.807, 2.05) is 35.7 Å². The molecule has 134 valence electrons. The SMILES string of the molecule is O=C(CCSc1nc(-c2ccc(Cl)cc2Cl)cs1)Nc1ccc(Br)cc1. The van der Waals surface area contributed by atoms with Crippen LogP contribution in [0.4, 0.5) is 5.69 Å². The number of hydrogen-bond donors (Lipinski definition) is 1. The van der Waals surface area contributed by atoms with Gasteiger partial charge in [0.15, 0.2) is 4.34 Å². The molecule has 0 saturated heterocycles. The first kappa shape index (κ1) is 19.7. The number of rotatable bonds is 6. The van der Waals surface area contributed by atoms with Crippen molar-refractivity contribution in [2.75, 3.05) is 11.1 Å². The van der Waals surface area contributed by atoms with Gasteiger partial charge < -0.3 is 5.32 Å². The largest absolute Gasteiger partial charge is 0.326 e. The van der Waals surface area contributed by atoms with Crippen molar-refractivity contribution in [3.63, 3.8) is 0 Å². The molecule has 0 fully saturated rings. The van der Waals surface area contributed by atoms with Gasteiger partial charge in [0.25, 0.3) is 0 Å². The minimum Gasteiger partial charge on any atom is -0.326 e. The quantitative estimate of drug-likeness (QED) is 0.380. The highest BCUT2D eigenvalue weighted by molar-refractivity contribution is 9.10. The summed E-state index contributed by atoms with van der Waals surface area (Å²) >= 11 is 18.6. The Bertz CT molecular complexity index is 916. The van der Waals surface area contributed by atoms with Crippen LogP contribution in [0.15, 0.2) is 56.7 Å². The van der Waals surface area contributed by atoms with Crippen LogP contribution in [-0.4, -0.2) is 16.6 Å². The fraction of sp³-hybridized carbons (Fsp3) is 0.111. The van der Waals surface area contributed by atoms with Crippen molar-refractivity contribution in [3.05, 3.63) is 62.4 Å². The van der Waals surface area contributed by atoms with Crippen LogP contribution in [0.1, 0.15) is 6.42 Å². The van der Waals surface area contributed by atoms with E-state index in [0.717, 1.165) is 25.8 Å². The summed E-state index contributed by atoms with van der Waals surface area (Å²) in [5, 5.41) is 6.01. The van der Waals surface area contributed by atoms with Crippen molar-refractivity contribution < 1.29 is 4.79 Å². The molecule has 0 aliphatic carbocycles. The highest BCUT2D eigenvalue weighted by Crippen LogP contribution is 2.33. The molecule has 0 aliphatic heterocycles. The van der Waals surface area contributed by atoms with Gasteiger partial charge in [-0.3, -0.25) is 4.79 Å². The molecule has 0 saturated carbocycles. The zero-order valence-corrected chi connectivity index (χ0v) is 18.1. The molecule has 1 heterocycles. The lowest BCUT2D eigenvalue weighted by atomic mass is 10.2. The van der Waals surface area contributed by atoms with Crippen molar-refractivity contribution in [2.45, 2.75) is 10.8 Å². The number of thiazole rings is 1. The topological polar surface area (TPSA) is 42.0 Å². The summed E-state index contributed by atoms with van der Waals surface area (Å²) in [6.45, 7) is 0. The van der Waals surface area contributed by atoms with Crippen LogP contribution in [0.3, 0.4) is 0 Å². The van der Waals surface area contributed by atoms with E-state index in [0.29, 0.717) is 22.2 Å². The van der Waals surface area contributed by atoms with Gasteiger partial charge >= 0.3 is 0 Å². The number of aromatic nitrogens is 1. The molecular formula is C18H13BrCl2N2OS2. The smallest absolute Gasteiger partial charge is 0.225 e. The summed E-state index contributed by atoms with van der Waals surface area (Å²) in [5.74, 6) is 0.640. The van der Waals surface area contributed by atoms with Gasteiger partial charge in [-0.1, -0.05) is 50.9 Å². The first-order valence-corrected chi connectivity index (χ1v) is 11.0. The number of anilines is 1. The Labute approximate surface area is 178 Å². The van der Waals surface area contributed by atoms with E-state index in [1.165, 1.54) is 11.3 Å². The maximum absolute atomic E-state index is 12.0. The Morgan fingerprint density at radius 1 is 1.19 bits per heavy atom. The van der Waals surface area contributed by atoms with Gasteiger partial charge in [0.2, 0.25) is 5.91 Å². The number of carbonyl (C=O) groups excluding carboxylic acids is 1. The molecule has 0 aliphatic rings. The molecule has 0 bridgehead atoms. The molecule has 3 rings (SSSR count). The highest BCUT2D eigenvalue weighted by atomic mass is 79.9. The fourth-order valence-corrected chi connectivity index (χ4v) is 4.74. The summed E-state index contributed by atoms with van der Waals surface area (Å²) in [7, 11) is 0. The first-order valence-electron chi connectivity index (χ1n) is 7.60. The lowest BCUT2D eigenvalue weighted by molar-refractivity contribution is -0.115. The molecule has 8 heteroatoms. The van der Waals surface area contributed by atoms with Gasteiger partial charge in [-0.25, -0.2) is 4.98 Å². The van der Waals surface area contributed by atoms with Crippen LogP contribution >= 0.6 is 62.2 Å². The molecule has 2 aromatic carbocycles. The van der Waals surface area contributed by atoms with E-state index < -0.39 is 0 Å². The van der Waals surface area contributed by atoms with Crippen molar-refractivity contribution in [3.8, 4) is 11.3 Å². The molecule has 1 N–H and O–H groups in total. The number of benzene rings is 2. The van der Waals surface area contributed by atoms with Gasteiger partial charge in [0.05, 0.1) is 10.7 Å². The third-order valence-corrected chi connectivity index (χ3v) is 6.47. The van der Waals surface area contributed by atoms with Gasteiger partial charge in [-0.2, -0.15) is 0 Å². The molecule has 0 radical (unpaired) electrons. The van der Waals surface area contributed by atoms with Crippen LogP contribution in [0, 0.1) is 0 Å². The van der Waals surface area contributed by atoms with E-state index in [-0.39, 0.29) is 5.91 Å². The second-order valence-corrected chi connectivity index (χ2v) is 9.24. The van der Waals surface area contributed by atoms with E-state index in [9.17, 15) is 4.79 Å². The highest BCUT2D eigenvalue weighted by Gasteiger charge is 2.10. The van der Waals surface area contributed by atoms with Gasteiger partial charge in [-0.05, 0) is 42.5 Å². The van der Waals surface area contributed by atoms with E-state index >= 15 is 0 Å². The Morgan fingerprint density at radius 2 is 1.96 bits per heavy atom. The molecule has 3 aromatic rings. The minimum absolute atomic E-state index is 0.0163. The van der Waals surface area contributed by atoms with Crippen molar-refractivity contribution in [2.24, 2.45) is 0 Å². The molecule has 3 nitrogen and oxygen atoms in total. The monoisotopic (exact) mass is 486 g/mol. The normalized spacial score (nSPS) is 10.7. The number of nitrogens with one attached hydrogen (secondary N) is 1. The number of halogens is 3. The summed E-state index contributed by atoms with van der Waals surface area (Å²) in [4.78, 5) is 16.6. The average Bonchev–Trinajstić information content (AvgIpc) is 3.05. The predicted molar refractivity (Wildman–Crippen MR) is 116 cm³/mol. The van der Waals surface area contributed by atoms with Crippen LogP contribution in [0.2, 0.25) is 10.0 Å². The predicted octanol–water partition coefficient (Wildman–Crippen LogP) is 7.00. The molecule has 26 heavy (non-hydrogen) atoms. The molecule has 1 aromatic heterocycles. The standard InChI is InChI=1S/C18H13BrCl2N2OS2/c19-11-1-4-13(5-2-11)22-17(24)7-8-25-18-23-16(10-26-18)14-6-3-12(20)9-15(14)21/h1-6,9-10H,7-8H2,(H,22,24). The van der Waals surface area contributed by atoms with Gasteiger partial charge in [0, 0.05) is 38.3 Å². The lowest BCUT2D eigenvalue weighted by Gasteiger charge is -2.04. The summed E-state index contributed by atoms with van der Waals surface area (Å²) in [6.07, 6.45) is 0.414. The number of nitrogens with zero attached hydrogens (tertiary/aromatic N) is 1. The molecule has 0 spiro atoms. The van der Waals surface area contributed by atoms with Crippen LogP contribution in [-0.2, 0) is 4.79 Å². The Kier molecular flexibility index (Phi) is 7.00. The first-order chi connectivity index (χ1) is 12.5. The summed E-state index contributed by atoms with van der Waals surface area (Å²) in [5.41, 5.74) is 2.46. The van der Waals surface area contributed by atoms with Gasteiger partial charge in [0.1, 0.15) is 0 Å². The molecule has 1 amide bonds. The van der Waals surface area contributed by atoms with Crippen LogP contribution in [0.25, 0.3) is 11.3 Å². The van der Waals surface area contributed by atoms with Gasteiger partial charge in [-0.15, -0.1) is 11.3 Å². The van der Waals surface area contributed by atoms with E-state index in [1.54, 1.807) is 23.9 Å². The number of carbonyl (C=O) groups is 1. The number of hydrogen-bond acceptors (Lipinski definition) is 4. The van der Waals surface area contributed by atoms with Crippen molar-refractivity contribution >= 4 is 73.8 Å². The second-order valence-electron chi connectivity index (χ2n) is 5.28. The zero-order chi connectivity index (χ0) is 18.5. The maximum Gasteiger partial charge on any atom is 0.225 e. The second kappa shape index (κ2) is 9.24. The Balaban J connectivity index is 1.52. The maximum atomic E-state index is 12.0. The summed E-state index contributed by atoms with van der Waals surface area (Å²) in [6, 6.07) is 12.9. The lowest BCUT2D eigenvalue weighted by Crippen LogP contribution is -2.11. The third kappa shape index (κ3) is 5.47. The molecule has 0 unspecified atom stereocenters. The third-order valence-electron chi connectivity index (χ3n) is 3.37. The zero-order valence-electron chi connectivity index (χ0n) is 13.3. The van der Waals surface area contributed by atoms with Crippen LogP contribution < -0.4 is 5.32 Å². The number of amides is 1. The molecule has 0 atom stereocenters. The Hall–Kier alpha value is -1.05. The molecular weight excluding hydrogens is 475 g/mol. The fourth-order valence-electron chi connectivity index (χ4n) is 2.13. The van der Waals surface area contributed by atoms with Crippen LogP contribution in [0.5, 0.6) is 0 Å². The Morgan fingerprint density at radius 3 is 2.69 bits per heavy atom. The minimum atomic E-state index is -0.0163. The van der Waals surface area contributed by atoms with E-state index in [2.05, 4.69) is 26.2 Å². The number of thioether (sulfide) groups is 1. The summed E-state index contributed by atoms with van der Waals surface area (Å²) < 4.78 is 1.88. The van der Waals surface area contributed by atoms with Crippen molar-refractivity contribution in [1.29, 1.82) is 0 Å². The van der Waals surface area contributed by atoms with Crippen molar-refractivity contribution in [1.82, 2.24) is 4.98 Å². The average molecular weight is 488 g/mol.